The van der Waals surface area contributed by atoms with Crippen LogP contribution in [0.5, 0.6) is 0 Å². The molecule has 62 valence electrons. The Hall–Kier alpha value is -0.0800. The molecule has 0 heterocycles. The van der Waals surface area contributed by atoms with E-state index in [2.05, 4.69) is 25.8 Å². The van der Waals surface area contributed by atoms with Gasteiger partial charge in [0.25, 0.3) is 0 Å². The SMILES string of the molecule is CC(C)CN(C)CCCO. The van der Waals surface area contributed by atoms with Gasteiger partial charge in [-0.3, -0.25) is 0 Å². The van der Waals surface area contributed by atoms with Crippen molar-refractivity contribution in [3.63, 3.8) is 0 Å². The maximum Gasteiger partial charge on any atom is 0.0443 e. The summed E-state index contributed by atoms with van der Waals surface area (Å²) in [4.78, 5) is 2.25. The van der Waals surface area contributed by atoms with Crippen LogP contribution in [0.1, 0.15) is 20.3 Å². The van der Waals surface area contributed by atoms with E-state index in [1.165, 1.54) is 0 Å². The van der Waals surface area contributed by atoms with Crippen molar-refractivity contribution in [2.45, 2.75) is 20.3 Å². The standard InChI is InChI=1S/C8H19NO/c1-8(2)7-9(3)5-4-6-10/h8,10H,4-7H2,1-3H3. The molecule has 0 aliphatic heterocycles. The maximum atomic E-state index is 8.52. The van der Waals surface area contributed by atoms with Crippen molar-refractivity contribution in [1.82, 2.24) is 4.90 Å². The van der Waals surface area contributed by atoms with Gasteiger partial charge in [0.1, 0.15) is 0 Å². The van der Waals surface area contributed by atoms with Gasteiger partial charge in [0.15, 0.2) is 0 Å². The van der Waals surface area contributed by atoms with E-state index in [1.807, 2.05) is 0 Å². The Labute approximate surface area is 63.8 Å². The fraction of sp³-hybridized carbons (Fsp3) is 1.00. The second-order valence-electron chi connectivity index (χ2n) is 3.23. The molecule has 10 heavy (non-hydrogen) atoms. The monoisotopic (exact) mass is 145 g/mol. The van der Waals surface area contributed by atoms with Gasteiger partial charge in [-0.15, -0.1) is 0 Å². The second kappa shape index (κ2) is 5.69. The van der Waals surface area contributed by atoms with E-state index in [4.69, 9.17) is 5.11 Å². The van der Waals surface area contributed by atoms with Gasteiger partial charge in [-0.25, -0.2) is 0 Å². The van der Waals surface area contributed by atoms with Gasteiger partial charge in [0.05, 0.1) is 0 Å². The topological polar surface area (TPSA) is 23.5 Å². The Morgan fingerprint density at radius 2 is 2.00 bits per heavy atom. The molecule has 0 bridgehead atoms. The fourth-order valence-electron chi connectivity index (χ4n) is 1.06. The number of hydrogen-bond acceptors (Lipinski definition) is 2. The Balaban J connectivity index is 3.16. The zero-order chi connectivity index (χ0) is 7.98. The van der Waals surface area contributed by atoms with Gasteiger partial charge in [0.2, 0.25) is 0 Å². The average molecular weight is 145 g/mol. The molecule has 0 aromatic carbocycles. The molecule has 0 amide bonds. The lowest BCUT2D eigenvalue weighted by atomic mass is 10.2. The number of aliphatic hydroxyl groups excluding tert-OH is 1. The zero-order valence-corrected chi connectivity index (χ0v) is 7.30. The van der Waals surface area contributed by atoms with Crippen molar-refractivity contribution >= 4 is 0 Å². The van der Waals surface area contributed by atoms with Gasteiger partial charge in [-0.1, -0.05) is 13.8 Å². The lowest BCUT2D eigenvalue weighted by Crippen LogP contribution is -2.24. The van der Waals surface area contributed by atoms with E-state index < -0.39 is 0 Å². The summed E-state index contributed by atoms with van der Waals surface area (Å²) in [6, 6.07) is 0. The van der Waals surface area contributed by atoms with Gasteiger partial charge < -0.3 is 10.0 Å². The van der Waals surface area contributed by atoms with Crippen LogP contribution < -0.4 is 0 Å². The molecule has 0 unspecified atom stereocenters. The summed E-state index contributed by atoms with van der Waals surface area (Å²) in [5.41, 5.74) is 0. The largest absolute Gasteiger partial charge is 0.396 e. The smallest absolute Gasteiger partial charge is 0.0443 e. The minimum absolute atomic E-state index is 0.308. The van der Waals surface area contributed by atoms with E-state index in [1.54, 1.807) is 0 Å². The van der Waals surface area contributed by atoms with Crippen LogP contribution in [0.4, 0.5) is 0 Å². The maximum absolute atomic E-state index is 8.52. The highest BCUT2D eigenvalue weighted by Crippen LogP contribution is 1.95. The molecule has 0 aliphatic rings. The first-order chi connectivity index (χ1) is 4.66. The van der Waals surface area contributed by atoms with Crippen molar-refractivity contribution in [1.29, 1.82) is 0 Å². The molecule has 0 spiro atoms. The third-order valence-corrected chi connectivity index (χ3v) is 1.37. The minimum Gasteiger partial charge on any atom is -0.396 e. The predicted molar refractivity (Wildman–Crippen MR) is 44.0 cm³/mol. The Morgan fingerprint density at radius 1 is 1.40 bits per heavy atom. The summed E-state index contributed by atoms with van der Waals surface area (Å²) in [5, 5.41) is 8.52. The normalized spacial score (nSPS) is 11.4. The summed E-state index contributed by atoms with van der Waals surface area (Å²) >= 11 is 0. The molecule has 2 heteroatoms. The molecule has 0 aliphatic carbocycles. The highest BCUT2D eigenvalue weighted by molar-refractivity contribution is 4.53. The number of aliphatic hydroxyl groups is 1. The van der Waals surface area contributed by atoms with Crippen LogP contribution in [-0.2, 0) is 0 Å². The van der Waals surface area contributed by atoms with E-state index in [9.17, 15) is 0 Å². The molecule has 0 aromatic rings. The lowest BCUT2D eigenvalue weighted by molar-refractivity contribution is 0.235. The lowest BCUT2D eigenvalue weighted by Gasteiger charge is -2.17. The molecule has 0 saturated heterocycles. The highest BCUT2D eigenvalue weighted by atomic mass is 16.3. The van der Waals surface area contributed by atoms with Crippen LogP contribution in [0.3, 0.4) is 0 Å². The van der Waals surface area contributed by atoms with Crippen molar-refractivity contribution in [3.05, 3.63) is 0 Å². The Morgan fingerprint density at radius 3 is 2.40 bits per heavy atom. The fourth-order valence-corrected chi connectivity index (χ4v) is 1.06. The number of rotatable bonds is 5. The van der Waals surface area contributed by atoms with Crippen molar-refractivity contribution in [3.8, 4) is 0 Å². The van der Waals surface area contributed by atoms with Crippen molar-refractivity contribution in [2.24, 2.45) is 5.92 Å². The molecule has 0 aromatic heterocycles. The Bertz CT molecular complexity index is 73.7. The zero-order valence-electron chi connectivity index (χ0n) is 7.30. The summed E-state index contributed by atoms with van der Waals surface area (Å²) < 4.78 is 0. The molecular formula is C8H19NO. The first kappa shape index (κ1) is 9.92. The van der Waals surface area contributed by atoms with Crippen LogP contribution >= 0.6 is 0 Å². The van der Waals surface area contributed by atoms with Gasteiger partial charge >= 0.3 is 0 Å². The van der Waals surface area contributed by atoms with Crippen LogP contribution in [0.15, 0.2) is 0 Å². The molecule has 0 rings (SSSR count). The molecule has 1 N–H and O–H groups in total. The number of nitrogens with zero attached hydrogens (tertiary/aromatic N) is 1. The average Bonchev–Trinajstić information content (AvgIpc) is 1.82. The van der Waals surface area contributed by atoms with E-state index >= 15 is 0 Å². The third-order valence-electron chi connectivity index (χ3n) is 1.37. The van der Waals surface area contributed by atoms with Crippen LogP contribution in [0, 0.1) is 5.92 Å². The van der Waals surface area contributed by atoms with Crippen molar-refractivity contribution in [2.75, 3.05) is 26.7 Å². The molecule has 0 radical (unpaired) electrons. The quantitative estimate of drug-likeness (QED) is 0.623. The third kappa shape index (κ3) is 6.05. The van der Waals surface area contributed by atoms with Crippen LogP contribution in [-0.4, -0.2) is 36.8 Å². The first-order valence-corrected chi connectivity index (χ1v) is 3.96. The molecule has 2 nitrogen and oxygen atoms in total. The van der Waals surface area contributed by atoms with E-state index in [-0.39, 0.29) is 0 Å². The molecule has 0 fully saturated rings. The first-order valence-electron chi connectivity index (χ1n) is 3.96. The summed E-state index contributed by atoms with van der Waals surface area (Å²) in [6.45, 7) is 6.85. The molecule has 0 saturated carbocycles. The van der Waals surface area contributed by atoms with Gasteiger partial charge in [-0.05, 0) is 19.4 Å². The minimum atomic E-state index is 0.308. The highest BCUT2D eigenvalue weighted by Gasteiger charge is 1.99. The summed E-state index contributed by atoms with van der Waals surface area (Å²) in [5.74, 6) is 0.726. The van der Waals surface area contributed by atoms with Gasteiger partial charge in [0, 0.05) is 19.7 Å². The summed E-state index contributed by atoms with van der Waals surface area (Å²) in [6.07, 6.45) is 0.892. The molecular weight excluding hydrogens is 126 g/mol. The molecule has 0 atom stereocenters. The summed E-state index contributed by atoms with van der Waals surface area (Å²) in [7, 11) is 2.09. The number of hydrogen-bond donors (Lipinski definition) is 1. The van der Waals surface area contributed by atoms with E-state index in [0.29, 0.717) is 6.61 Å². The second-order valence-corrected chi connectivity index (χ2v) is 3.23. The van der Waals surface area contributed by atoms with E-state index in [0.717, 1.165) is 25.4 Å². The predicted octanol–water partition coefficient (Wildman–Crippen LogP) is 0.957. The van der Waals surface area contributed by atoms with Crippen LogP contribution in [0.2, 0.25) is 0 Å². The van der Waals surface area contributed by atoms with Gasteiger partial charge in [-0.2, -0.15) is 0 Å². The van der Waals surface area contributed by atoms with Crippen LogP contribution in [0.25, 0.3) is 0 Å². The van der Waals surface area contributed by atoms with Crippen molar-refractivity contribution < 1.29 is 5.11 Å². The Kier molecular flexibility index (Phi) is 5.64.